The zero-order valence-corrected chi connectivity index (χ0v) is 20.2. The van der Waals surface area contributed by atoms with E-state index in [2.05, 4.69) is 22.2 Å². The van der Waals surface area contributed by atoms with Crippen LogP contribution >= 0.6 is 0 Å². The van der Waals surface area contributed by atoms with Crippen molar-refractivity contribution in [3.05, 3.63) is 24.0 Å². The predicted molar refractivity (Wildman–Crippen MR) is 127 cm³/mol. The van der Waals surface area contributed by atoms with E-state index in [4.69, 9.17) is 25.7 Å². The number of ether oxygens (including phenoxy) is 2. The van der Waals surface area contributed by atoms with Gasteiger partial charge >= 0.3 is 0 Å². The number of anilines is 1. The van der Waals surface area contributed by atoms with Gasteiger partial charge in [0.15, 0.2) is 16.8 Å². The number of ketones is 1. The molecule has 2 saturated carbocycles. The van der Waals surface area contributed by atoms with E-state index in [0.29, 0.717) is 37.4 Å². The van der Waals surface area contributed by atoms with E-state index < -0.39 is 11.2 Å². The highest BCUT2D eigenvalue weighted by Gasteiger charge is 2.38. The minimum Gasteiger partial charge on any atom is -0.384 e. The van der Waals surface area contributed by atoms with Crippen molar-refractivity contribution in [1.29, 1.82) is 15.8 Å². The third-order valence-electron chi connectivity index (χ3n) is 7.31. The zero-order valence-electron chi connectivity index (χ0n) is 20.2. The molecule has 0 amide bonds. The van der Waals surface area contributed by atoms with E-state index in [1.165, 1.54) is 7.11 Å². The molecule has 0 radical (unpaired) electrons. The van der Waals surface area contributed by atoms with Crippen molar-refractivity contribution < 1.29 is 14.3 Å². The number of aromatic nitrogens is 3. The lowest BCUT2D eigenvalue weighted by molar-refractivity contribution is -0.124. The van der Waals surface area contributed by atoms with Gasteiger partial charge in [0.1, 0.15) is 11.6 Å². The Bertz CT molecular complexity index is 1150. The Kier molecular flexibility index (Phi) is 8.40. The van der Waals surface area contributed by atoms with Crippen LogP contribution in [0.5, 0.6) is 0 Å². The molecule has 0 aromatic carbocycles. The van der Waals surface area contributed by atoms with Gasteiger partial charge in [0.2, 0.25) is 0 Å². The zero-order chi connectivity index (χ0) is 25.5. The lowest BCUT2D eigenvalue weighted by Gasteiger charge is -2.33. The lowest BCUT2D eigenvalue weighted by Crippen LogP contribution is -2.36. The van der Waals surface area contributed by atoms with Gasteiger partial charge < -0.3 is 15.2 Å². The molecule has 2 aliphatic rings. The van der Waals surface area contributed by atoms with Gasteiger partial charge in [-0.05, 0) is 51.4 Å². The van der Waals surface area contributed by atoms with E-state index >= 15 is 0 Å². The summed E-state index contributed by atoms with van der Waals surface area (Å²) in [6.07, 6.45) is 7.39. The van der Waals surface area contributed by atoms with Gasteiger partial charge in [-0.25, -0.2) is 4.98 Å². The maximum absolute atomic E-state index is 11.4. The van der Waals surface area contributed by atoms with Crippen LogP contribution in [0.4, 0.5) is 5.82 Å². The van der Waals surface area contributed by atoms with Crippen LogP contribution < -0.4 is 5.73 Å². The molecule has 0 atom stereocenters. The number of carbonyl (C=O) groups excluding carboxylic acids is 1. The molecule has 0 bridgehead atoms. The highest BCUT2D eigenvalue weighted by Crippen LogP contribution is 2.39. The van der Waals surface area contributed by atoms with Crippen LogP contribution in [0.1, 0.15) is 69.4 Å². The molecule has 10 nitrogen and oxygen atoms in total. The standard InChI is InChI=1S/C14H17N5O.C11H14N2O2/c1-20-14(9-15)5-2-10(3-6-14)11-8-12(16)19-13(18-11)4-7-17-19;1-15-11(8-13)5-2-9(3-6-11)10(14)4-7-12/h4,7-8,10H,2-3,5-6,16H2,1H3;9H,2-6H2,1H3. The van der Waals surface area contributed by atoms with Crippen LogP contribution in [0.3, 0.4) is 0 Å². The van der Waals surface area contributed by atoms with E-state index in [1.54, 1.807) is 17.8 Å². The molecular weight excluding hydrogens is 446 g/mol. The lowest BCUT2D eigenvalue weighted by atomic mass is 9.77. The van der Waals surface area contributed by atoms with Gasteiger partial charge in [0, 0.05) is 43.9 Å². The van der Waals surface area contributed by atoms with Crippen LogP contribution in [0, 0.1) is 39.9 Å². The molecule has 2 heterocycles. The van der Waals surface area contributed by atoms with Crippen molar-refractivity contribution in [2.24, 2.45) is 5.92 Å². The molecule has 0 saturated heterocycles. The largest absolute Gasteiger partial charge is 0.384 e. The van der Waals surface area contributed by atoms with E-state index in [1.807, 2.05) is 18.2 Å². The molecule has 4 rings (SSSR count). The highest BCUT2D eigenvalue weighted by molar-refractivity contribution is 5.82. The number of hydrogen-bond acceptors (Lipinski definition) is 9. The van der Waals surface area contributed by atoms with E-state index in [-0.39, 0.29) is 18.1 Å². The maximum Gasteiger partial charge on any atom is 0.157 e. The Hall–Kier alpha value is -3.52. The SMILES string of the molecule is COC1(C#N)CCC(C(=O)CC#N)CC1.COC1(C#N)CCC(c2cc(N)n3nccc3n2)CC1. The number of Topliss-reactive ketones (excluding diaryl/α,β-unsaturated/α-hetero) is 1. The van der Waals surface area contributed by atoms with Crippen molar-refractivity contribution in [3.63, 3.8) is 0 Å². The van der Waals surface area contributed by atoms with Gasteiger partial charge in [0.25, 0.3) is 0 Å². The highest BCUT2D eigenvalue weighted by atomic mass is 16.5. The number of nitrogens with two attached hydrogens (primary N) is 1. The molecule has 0 spiro atoms. The average molecular weight is 478 g/mol. The number of nitriles is 3. The van der Waals surface area contributed by atoms with Gasteiger partial charge in [0.05, 0.1) is 30.8 Å². The monoisotopic (exact) mass is 477 g/mol. The van der Waals surface area contributed by atoms with Crippen LogP contribution in [-0.2, 0) is 14.3 Å². The number of nitrogens with zero attached hydrogens (tertiary/aromatic N) is 6. The topological polar surface area (TPSA) is 163 Å². The van der Waals surface area contributed by atoms with E-state index in [9.17, 15) is 10.1 Å². The van der Waals surface area contributed by atoms with Crippen LogP contribution in [0.2, 0.25) is 0 Å². The van der Waals surface area contributed by atoms with Crippen molar-refractivity contribution in [1.82, 2.24) is 14.6 Å². The normalized spacial score (nSPS) is 28.1. The summed E-state index contributed by atoms with van der Waals surface area (Å²) in [5.74, 6) is 0.870. The molecule has 0 unspecified atom stereocenters. The molecule has 10 heteroatoms. The maximum atomic E-state index is 11.4. The average Bonchev–Trinajstić information content (AvgIpc) is 3.39. The molecule has 184 valence electrons. The first-order valence-electron chi connectivity index (χ1n) is 11.8. The summed E-state index contributed by atoms with van der Waals surface area (Å²) >= 11 is 0. The molecule has 35 heavy (non-hydrogen) atoms. The molecular formula is C25H31N7O3. The van der Waals surface area contributed by atoms with Crippen LogP contribution in [0.25, 0.3) is 5.65 Å². The number of fused-ring (bicyclic) bond motifs is 1. The Morgan fingerprint density at radius 2 is 1.66 bits per heavy atom. The Morgan fingerprint density at radius 1 is 1.09 bits per heavy atom. The molecule has 2 N–H and O–H groups in total. The second-order valence-corrected chi connectivity index (χ2v) is 9.18. The van der Waals surface area contributed by atoms with Gasteiger partial charge in [-0.1, -0.05) is 0 Å². The van der Waals surface area contributed by atoms with E-state index in [0.717, 1.165) is 37.0 Å². The number of hydrogen-bond donors (Lipinski definition) is 1. The molecule has 2 aliphatic carbocycles. The first kappa shape index (κ1) is 26.1. The predicted octanol–water partition coefficient (Wildman–Crippen LogP) is 3.45. The minimum absolute atomic E-state index is 0.000132. The molecule has 2 aromatic heterocycles. The summed E-state index contributed by atoms with van der Waals surface area (Å²) in [4.78, 5) is 16.1. The van der Waals surface area contributed by atoms with Gasteiger partial charge in [-0.2, -0.15) is 25.4 Å². The van der Waals surface area contributed by atoms with Crippen LogP contribution in [0.15, 0.2) is 18.3 Å². The number of carbonyl (C=O) groups is 1. The first-order chi connectivity index (χ1) is 16.8. The van der Waals surface area contributed by atoms with Gasteiger partial charge in [-0.3, -0.25) is 4.79 Å². The molecule has 2 fully saturated rings. The second kappa shape index (κ2) is 11.3. The fraction of sp³-hybridized carbons (Fsp3) is 0.600. The minimum atomic E-state index is -0.705. The van der Waals surface area contributed by atoms with Crippen molar-refractivity contribution in [2.45, 2.75) is 74.9 Å². The summed E-state index contributed by atoms with van der Waals surface area (Å²) in [5, 5.41) is 30.7. The summed E-state index contributed by atoms with van der Waals surface area (Å²) < 4.78 is 12.2. The van der Waals surface area contributed by atoms with Crippen molar-refractivity contribution in [3.8, 4) is 18.2 Å². The smallest absolute Gasteiger partial charge is 0.157 e. The first-order valence-corrected chi connectivity index (χ1v) is 11.8. The Balaban J connectivity index is 0.000000205. The summed E-state index contributed by atoms with van der Waals surface area (Å²) in [7, 11) is 3.14. The summed E-state index contributed by atoms with van der Waals surface area (Å²) in [5.41, 5.74) is 6.42. The number of nitrogen functional groups attached to an aromatic ring is 1. The van der Waals surface area contributed by atoms with Crippen molar-refractivity contribution in [2.75, 3.05) is 20.0 Å². The third-order valence-corrected chi connectivity index (χ3v) is 7.31. The van der Waals surface area contributed by atoms with Crippen molar-refractivity contribution >= 4 is 17.2 Å². The summed E-state index contributed by atoms with van der Waals surface area (Å²) in [6, 6.07) is 10.1. The fourth-order valence-electron chi connectivity index (χ4n) is 4.90. The Morgan fingerprint density at radius 3 is 2.17 bits per heavy atom. The Labute approximate surface area is 205 Å². The number of methoxy groups -OCH3 is 2. The second-order valence-electron chi connectivity index (χ2n) is 9.18. The molecule has 2 aromatic rings. The fourth-order valence-corrected chi connectivity index (χ4v) is 4.90. The summed E-state index contributed by atoms with van der Waals surface area (Å²) in [6.45, 7) is 0. The third kappa shape index (κ3) is 5.77. The quantitative estimate of drug-likeness (QED) is 0.679. The number of rotatable bonds is 5. The van der Waals surface area contributed by atoms with Gasteiger partial charge in [-0.15, -0.1) is 0 Å². The molecule has 0 aliphatic heterocycles. The van der Waals surface area contributed by atoms with Crippen LogP contribution in [-0.4, -0.2) is 45.8 Å².